The fraction of sp³-hybridized carbons (Fsp3) is 0.588. The van der Waals surface area contributed by atoms with Crippen molar-refractivity contribution in [3.63, 3.8) is 0 Å². The van der Waals surface area contributed by atoms with Gasteiger partial charge in [0.1, 0.15) is 0 Å². The molecule has 2 N–H and O–H groups in total. The molecule has 0 radical (unpaired) electrons. The van der Waals surface area contributed by atoms with Gasteiger partial charge < -0.3 is 15.4 Å². The van der Waals surface area contributed by atoms with E-state index in [2.05, 4.69) is 15.6 Å². The Hall–Kier alpha value is -1.64. The van der Waals surface area contributed by atoms with Gasteiger partial charge in [0.05, 0.1) is 17.5 Å². The molecule has 1 aromatic rings. The highest BCUT2D eigenvalue weighted by Crippen LogP contribution is 2.19. The van der Waals surface area contributed by atoms with Gasteiger partial charge in [-0.15, -0.1) is 0 Å². The van der Waals surface area contributed by atoms with Crippen LogP contribution in [0.3, 0.4) is 0 Å². The molecule has 0 amide bonds. The molecule has 1 aromatic carbocycles. The van der Waals surface area contributed by atoms with Gasteiger partial charge in [0.15, 0.2) is 5.96 Å². The van der Waals surface area contributed by atoms with Crippen molar-refractivity contribution in [2.45, 2.75) is 37.3 Å². The molecule has 1 heterocycles. The summed E-state index contributed by atoms with van der Waals surface area (Å²) in [7, 11) is -0.429. The number of ether oxygens (including phenoxy) is 1. The Kier molecular flexibility index (Phi) is 7.22. The molecule has 8 heteroatoms. The lowest BCUT2D eigenvalue weighted by Gasteiger charge is -2.16. The van der Waals surface area contributed by atoms with Gasteiger partial charge in [-0.25, -0.2) is 17.7 Å². The maximum atomic E-state index is 12.5. The largest absolute Gasteiger partial charge is 0.376 e. The van der Waals surface area contributed by atoms with E-state index in [9.17, 15) is 8.42 Å². The fourth-order valence-corrected chi connectivity index (χ4v) is 3.71. The molecule has 0 aromatic heterocycles. The second-order valence-electron chi connectivity index (χ2n) is 6.11. The van der Waals surface area contributed by atoms with Gasteiger partial charge in [-0.05, 0) is 31.4 Å². The zero-order valence-corrected chi connectivity index (χ0v) is 16.0. The van der Waals surface area contributed by atoms with Crippen LogP contribution in [-0.4, -0.2) is 58.6 Å². The molecule has 1 aliphatic rings. The van der Waals surface area contributed by atoms with Crippen LogP contribution in [0.25, 0.3) is 0 Å². The molecule has 2 rings (SSSR count). The first-order valence-electron chi connectivity index (χ1n) is 8.59. The Bertz CT molecular complexity index is 683. The van der Waals surface area contributed by atoms with E-state index < -0.39 is 10.0 Å². The molecule has 1 atom stereocenters. The van der Waals surface area contributed by atoms with Crippen LogP contribution in [0.1, 0.15) is 25.3 Å². The highest BCUT2D eigenvalue weighted by Gasteiger charge is 2.20. The first-order chi connectivity index (χ1) is 11.9. The van der Waals surface area contributed by atoms with Crippen LogP contribution >= 0.6 is 0 Å². The lowest BCUT2D eigenvalue weighted by atomic mass is 10.2. The van der Waals surface area contributed by atoms with Gasteiger partial charge in [0.25, 0.3) is 0 Å². The van der Waals surface area contributed by atoms with Gasteiger partial charge in [-0.3, -0.25) is 0 Å². The molecule has 0 aliphatic carbocycles. The molecule has 1 aliphatic heterocycles. The summed E-state index contributed by atoms with van der Waals surface area (Å²) in [5, 5.41) is 6.45. The van der Waals surface area contributed by atoms with Crippen LogP contribution in [0.15, 0.2) is 34.2 Å². The zero-order chi connectivity index (χ0) is 18.3. The molecule has 0 spiro atoms. The van der Waals surface area contributed by atoms with Crippen LogP contribution in [0.4, 0.5) is 0 Å². The number of nitrogens with one attached hydrogen (secondary N) is 2. The van der Waals surface area contributed by atoms with Crippen LogP contribution in [0, 0.1) is 0 Å². The van der Waals surface area contributed by atoms with E-state index in [1.807, 2.05) is 13.0 Å². The lowest BCUT2D eigenvalue weighted by Crippen LogP contribution is -2.41. The standard InChI is InChI=1S/C17H28N4O3S/c1-4-18-17(20-13-15-9-7-11-24-15)19-12-14-8-5-6-10-16(14)25(22,23)21(2)3/h5-6,8,10,15H,4,7,9,11-13H2,1-3H3,(H2,18,19,20). The maximum Gasteiger partial charge on any atom is 0.242 e. The molecule has 1 fully saturated rings. The summed E-state index contributed by atoms with van der Waals surface area (Å²) in [4.78, 5) is 4.82. The van der Waals surface area contributed by atoms with Crippen molar-refractivity contribution in [1.82, 2.24) is 14.9 Å². The molecule has 0 bridgehead atoms. The van der Waals surface area contributed by atoms with Crippen LogP contribution < -0.4 is 10.6 Å². The number of hydrogen-bond donors (Lipinski definition) is 2. The molecule has 0 saturated carbocycles. The first kappa shape index (κ1) is 19.7. The average Bonchev–Trinajstić information content (AvgIpc) is 3.11. The third kappa shape index (κ3) is 5.42. The van der Waals surface area contributed by atoms with Gasteiger partial charge in [-0.2, -0.15) is 0 Å². The van der Waals surface area contributed by atoms with Crippen molar-refractivity contribution >= 4 is 16.0 Å². The summed E-state index contributed by atoms with van der Waals surface area (Å²) >= 11 is 0. The second-order valence-corrected chi connectivity index (χ2v) is 8.23. The fourth-order valence-electron chi connectivity index (χ4n) is 2.60. The van der Waals surface area contributed by atoms with E-state index in [0.717, 1.165) is 26.0 Å². The Morgan fingerprint density at radius 2 is 2.08 bits per heavy atom. The minimum atomic E-state index is -3.49. The normalized spacial score (nSPS) is 18.6. The molecular weight excluding hydrogens is 340 g/mol. The van der Waals surface area contributed by atoms with Crippen LogP contribution in [0.5, 0.6) is 0 Å². The minimum Gasteiger partial charge on any atom is -0.376 e. The average molecular weight is 369 g/mol. The number of benzene rings is 1. The summed E-state index contributed by atoms with van der Waals surface area (Å²) in [6, 6.07) is 6.97. The maximum absolute atomic E-state index is 12.5. The molecule has 1 unspecified atom stereocenters. The molecule has 25 heavy (non-hydrogen) atoms. The summed E-state index contributed by atoms with van der Waals surface area (Å²) in [6.07, 6.45) is 2.36. The van der Waals surface area contributed by atoms with Gasteiger partial charge >= 0.3 is 0 Å². The molecular formula is C17H28N4O3S. The van der Waals surface area contributed by atoms with Crippen molar-refractivity contribution in [3.05, 3.63) is 29.8 Å². The number of hydrogen-bond acceptors (Lipinski definition) is 4. The summed E-state index contributed by atoms with van der Waals surface area (Å²) < 4.78 is 31.7. The van der Waals surface area contributed by atoms with E-state index in [0.29, 0.717) is 23.0 Å². The number of guanidine groups is 1. The van der Waals surface area contributed by atoms with Crippen molar-refractivity contribution in [3.8, 4) is 0 Å². The van der Waals surface area contributed by atoms with E-state index in [1.165, 1.54) is 18.4 Å². The Balaban J connectivity index is 2.11. The summed E-state index contributed by atoms with van der Waals surface area (Å²) in [5.41, 5.74) is 0.672. The topological polar surface area (TPSA) is 83.0 Å². The zero-order valence-electron chi connectivity index (χ0n) is 15.2. The first-order valence-corrected chi connectivity index (χ1v) is 10.0. The molecule has 1 saturated heterocycles. The summed E-state index contributed by atoms with van der Waals surface area (Å²) in [5.74, 6) is 0.662. The summed E-state index contributed by atoms with van der Waals surface area (Å²) in [6.45, 7) is 4.52. The van der Waals surface area contributed by atoms with Crippen molar-refractivity contribution < 1.29 is 13.2 Å². The van der Waals surface area contributed by atoms with Gasteiger partial charge in [0.2, 0.25) is 10.0 Å². The SMILES string of the molecule is CCNC(=NCc1ccccc1S(=O)(=O)N(C)C)NCC1CCCO1. The van der Waals surface area contributed by atoms with Crippen molar-refractivity contribution in [2.75, 3.05) is 33.8 Å². The molecule has 140 valence electrons. The van der Waals surface area contributed by atoms with E-state index >= 15 is 0 Å². The van der Waals surface area contributed by atoms with Crippen molar-refractivity contribution in [1.29, 1.82) is 0 Å². The van der Waals surface area contributed by atoms with Crippen LogP contribution in [-0.2, 0) is 21.3 Å². The van der Waals surface area contributed by atoms with Crippen molar-refractivity contribution in [2.24, 2.45) is 4.99 Å². The van der Waals surface area contributed by atoms with Gasteiger partial charge in [-0.1, -0.05) is 18.2 Å². The lowest BCUT2D eigenvalue weighted by molar-refractivity contribution is 0.114. The van der Waals surface area contributed by atoms with Gasteiger partial charge in [0, 0.05) is 33.8 Å². The van der Waals surface area contributed by atoms with E-state index in [-0.39, 0.29) is 12.6 Å². The Morgan fingerprint density at radius 3 is 2.72 bits per heavy atom. The number of sulfonamides is 1. The van der Waals surface area contributed by atoms with Crippen LogP contribution in [0.2, 0.25) is 0 Å². The second kappa shape index (κ2) is 9.17. The number of nitrogens with zero attached hydrogens (tertiary/aromatic N) is 2. The monoisotopic (exact) mass is 368 g/mol. The Labute approximate surface area is 150 Å². The minimum absolute atomic E-state index is 0.213. The third-order valence-electron chi connectivity index (χ3n) is 4.00. The van der Waals surface area contributed by atoms with E-state index in [4.69, 9.17) is 4.74 Å². The number of aliphatic imine (C=N–C) groups is 1. The third-order valence-corrected chi connectivity index (χ3v) is 5.92. The quantitative estimate of drug-likeness (QED) is 0.558. The number of rotatable bonds is 7. The smallest absolute Gasteiger partial charge is 0.242 e. The Morgan fingerprint density at radius 1 is 1.32 bits per heavy atom. The predicted molar refractivity (Wildman–Crippen MR) is 99.1 cm³/mol. The highest BCUT2D eigenvalue weighted by molar-refractivity contribution is 7.89. The highest BCUT2D eigenvalue weighted by atomic mass is 32.2. The molecule has 7 nitrogen and oxygen atoms in total. The van der Waals surface area contributed by atoms with E-state index in [1.54, 1.807) is 18.2 Å². The predicted octanol–water partition coefficient (Wildman–Crippen LogP) is 1.17.